The number of aliphatic hydroxyl groups is 1. The highest BCUT2D eigenvalue weighted by Crippen LogP contribution is 2.33. The molecular weight excluding hydrogens is 223 g/mol. The van der Waals surface area contributed by atoms with Crippen LogP contribution >= 0.6 is 0 Å². The molecule has 1 aromatic rings. The SMILES string of the molecule is Cc1cc(F)c2c(c1)C(NCCCO)C(=O)N2. The molecule has 1 amide bonds. The third-order valence-electron chi connectivity index (χ3n) is 2.77. The van der Waals surface area contributed by atoms with Crippen LogP contribution in [0.3, 0.4) is 0 Å². The Morgan fingerprint density at radius 2 is 2.29 bits per heavy atom. The summed E-state index contributed by atoms with van der Waals surface area (Å²) in [5.74, 6) is -0.651. The molecule has 0 spiro atoms. The lowest BCUT2D eigenvalue weighted by Crippen LogP contribution is -2.28. The predicted molar refractivity (Wildman–Crippen MR) is 62.2 cm³/mol. The van der Waals surface area contributed by atoms with E-state index >= 15 is 0 Å². The van der Waals surface area contributed by atoms with Crippen molar-refractivity contribution in [3.8, 4) is 0 Å². The van der Waals surface area contributed by atoms with Gasteiger partial charge in [-0.2, -0.15) is 0 Å². The third kappa shape index (κ3) is 2.30. The fraction of sp³-hybridized carbons (Fsp3) is 0.417. The fourth-order valence-corrected chi connectivity index (χ4v) is 1.99. The summed E-state index contributed by atoms with van der Waals surface area (Å²) in [5.41, 5.74) is 1.69. The van der Waals surface area contributed by atoms with Crippen LogP contribution in [0.1, 0.15) is 23.6 Å². The van der Waals surface area contributed by atoms with Crippen LogP contribution < -0.4 is 10.6 Å². The molecule has 4 nitrogen and oxygen atoms in total. The molecule has 0 saturated heterocycles. The van der Waals surface area contributed by atoms with Crippen LogP contribution in [0.4, 0.5) is 10.1 Å². The number of nitrogens with one attached hydrogen (secondary N) is 2. The summed E-state index contributed by atoms with van der Waals surface area (Å²) in [6, 6.07) is 2.67. The number of fused-ring (bicyclic) bond motifs is 1. The van der Waals surface area contributed by atoms with Gasteiger partial charge in [0, 0.05) is 12.2 Å². The second-order valence-corrected chi connectivity index (χ2v) is 4.16. The lowest BCUT2D eigenvalue weighted by molar-refractivity contribution is -0.117. The molecule has 1 unspecified atom stereocenters. The number of aryl methyl sites for hydroxylation is 1. The van der Waals surface area contributed by atoms with E-state index in [1.807, 2.05) is 0 Å². The number of amides is 1. The number of anilines is 1. The zero-order chi connectivity index (χ0) is 12.4. The van der Waals surface area contributed by atoms with Gasteiger partial charge in [0.25, 0.3) is 0 Å². The topological polar surface area (TPSA) is 61.4 Å². The maximum absolute atomic E-state index is 13.6. The Kier molecular flexibility index (Phi) is 3.40. The molecule has 92 valence electrons. The number of benzene rings is 1. The van der Waals surface area contributed by atoms with E-state index in [0.717, 1.165) is 5.56 Å². The normalized spacial score (nSPS) is 18.1. The predicted octanol–water partition coefficient (Wildman–Crippen LogP) is 1.10. The minimum absolute atomic E-state index is 0.0658. The molecule has 0 radical (unpaired) electrons. The Balaban J connectivity index is 2.23. The Morgan fingerprint density at radius 3 is 3.00 bits per heavy atom. The number of hydrogen-bond donors (Lipinski definition) is 3. The second kappa shape index (κ2) is 4.81. The summed E-state index contributed by atoms with van der Waals surface area (Å²) in [4.78, 5) is 11.7. The molecule has 17 heavy (non-hydrogen) atoms. The number of hydrogen-bond acceptors (Lipinski definition) is 3. The molecule has 1 aliphatic heterocycles. The standard InChI is InChI=1S/C12H15FN2O2/c1-7-5-8-10(9(13)6-7)15-12(17)11(8)14-3-2-4-16/h5-6,11,14,16H,2-4H2,1H3,(H,15,17). The molecule has 0 bridgehead atoms. The van der Waals surface area contributed by atoms with Crippen LogP contribution in [-0.2, 0) is 4.79 Å². The highest BCUT2D eigenvalue weighted by Gasteiger charge is 2.32. The summed E-state index contributed by atoms with van der Waals surface area (Å²) < 4.78 is 13.6. The molecule has 5 heteroatoms. The number of carbonyl (C=O) groups is 1. The second-order valence-electron chi connectivity index (χ2n) is 4.16. The van der Waals surface area contributed by atoms with Crippen molar-refractivity contribution in [3.63, 3.8) is 0 Å². The van der Waals surface area contributed by atoms with Crippen LogP contribution in [0.5, 0.6) is 0 Å². The lowest BCUT2D eigenvalue weighted by Gasteiger charge is -2.11. The molecule has 0 fully saturated rings. The van der Waals surface area contributed by atoms with E-state index in [4.69, 9.17) is 5.11 Å². The van der Waals surface area contributed by atoms with Gasteiger partial charge in [0.2, 0.25) is 5.91 Å². The number of halogens is 1. The van der Waals surface area contributed by atoms with Crippen LogP contribution in [0.15, 0.2) is 12.1 Å². The molecule has 0 saturated carbocycles. The largest absolute Gasteiger partial charge is 0.396 e. The van der Waals surface area contributed by atoms with Crippen LogP contribution in [0.25, 0.3) is 0 Å². The van der Waals surface area contributed by atoms with Gasteiger partial charge in [0.15, 0.2) is 0 Å². The molecule has 1 heterocycles. The summed E-state index contributed by atoms with van der Waals surface area (Å²) in [5, 5.41) is 14.2. The van der Waals surface area contributed by atoms with Crippen molar-refractivity contribution >= 4 is 11.6 Å². The first-order valence-electron chi connectivity index (χ1n) is 5.58. The van der Waals surface area contributed by atoms with Crippen LogP contribution in [0, 0.1) is 12.7 Å². The quantitative estimate of drug-likeness (QED) is 0.688. The smallest absolute Gasteiger partial charge is 0.246 e. The van der Waals surface area contributed by atoms with Crippen LogP contribution in [0.2, 0.25) is 0 Å². The first-order valence-corrected chi connectivity index (χ1v) is 5.58. The highest BCUT2D eigenvalue weighted by atomic mass is 19.1. The maximum Gasteiger partial charge on any atom is 0.246 e. The van der Waals surface area contributed by atoms with Gasteiger partial charge in [-0.25, -0.2) is 4.39 Å². The summed E-state index contributed by atoms with van der Waals surface area (Å²) in [7, 11) is 0. The molecule has 1 aromatic carbocycles. The fourth-order valence-electron chi connectivity index (χ4n) is 1.99. The minimum atomic E-state index is -0.522. The Hall–Kier alpha value is -1.46. The molecular formula is C12H15FN2O2. The Bertz CT molecular complexity index is 448. The molecule has 2 rings (SSSR count). The monoisotopic (exact) mass is 238 g/mol. The van der Waals surface area contributed by atoms with Crippen molar-refractivity contribution in [2.75, 3.05) is 18.5 Å². The third-order valence-corrected chi connectivity index (χ3v) is 2.77. The van der Waals surface area contributed by atoms with Gasteiger partial charge in [0.05, 0.1) is 5.69 Å². The van der Waals surface area contributed by atoms with Crippen molar-refractivity contribution in [1.29, 1.82) is 0 Å². The number of carbonyl (C=O) groups excluding carboxylic acids is 1. The molecule has 0 aliphatic carbocycles. The first-order chi connectivity index (χ1) is 8.13. The van der Waals surface area contributed by atoms with Crippen molar-refractivity contribution < 1.29 is 14.3 Å². The van der Waals surface area contributed by atoms with Crippen molar-refractivity contribution in [2.24, 2.45) is 0 Å². The summed E-state index contributed by atoms with van der Waals surface area (Å²) >= 11 is 0. The summed E-state index contributed by atoms with van der Waals surface area (Å²) in [6.07, 6.45) is 0.563. The van der Waals surface area contributed by atoms with Crippen molar-refractivity contribution in [1.82, 2.24) is 5.32 Å². The zero-order valence-corrected chi connectivity index (χ0v) is 9.59. The maximum atomic E-state index is 13.6. The van der Waals surface area contributed by atoms with Gasteiger partial charge in [0.1, 0.15) is 11.9 Å². The zero-order valence-electron chi connectivity index (χ0n) is 9.59. The van der Waals surface area contributed by atoms with Gasteiger partial charge < -0.3 is 15.7 Å². The van der Waals surface area contributed by atoms with Gasteiger partial charge in [-0.3, -0.25) is 4.79 Å². The number of aliphatic hydroxyl groups excluding tert-OH is 1. The lowest BCUT2D eigenvalue weighted by atomic mass is 10.0. The van der Waals surface area contributed by atoms with E-state index in [1.54, 1.807) is 13.0 Å². The van der Waals surface area contributed by atoms with Gasteiger partial charge in [-0.05, 0) is 31.5 Å². The van der Waals surface area contributed by atoms with Crippen LogP contribution in [-0.4, -0.2) is 24.2 Å². The molecule has 3 N–H and O–H groups in total. The van der Waals surface area contributed by atoms with Crippen molar-refractivity contribution in [3.05, 3.63) is 29.1 Å². The molecule has 0 aromatic heterocycles. The van der Waals surface area contributed by atoms with E-state index in [-0.39, 0.29) is 18.2 Å². The Labute approximate surface area is 98.8 Å². The van der Waals surface area contributed by atoms with Gasteiger partial charge in [-0.1, -0.05) is 6.07 Å². The van der Waals surface area contributed by atoms with E-state index in [1.165, 1.54) is 6.07 Å². The van der Waals surface area contributed by atoms with Gasteiger partial charge >= 0.3 is 0 Å². The van der Waals surface area contributed by atoms with Crippen molar-refractivity contribution in [2.45, 2.75) is 19.4 Å². The first kappa shape index (κ1) is 12.0. The van der Waals surface area contributed by atoms with E-state index in [0.29, 0.717) is 18.5 Å². The summed E-state index contributed by atoms with van der Waals surface area (Å²) in [6.45, 7) is 2.37. The minimum Gasteiger partial charge on any atom is -0.396 e. The van der Waals surface area contributed by atoms with E-state index < -0.39 is 11.9 Å². The Morgan fingerprint density at radius 1 is 1.53 bits per heavy atom. The molecule has 1 aliphatic rings. The average molecular weight is 238 g/mol. The van der Waals surface area contributed by atoms with Gasteiger partial charge in [-0.15, -0.1) is 0 Å². The number of rotatable bonds is 4. The molecule has 1 atom stereocenters. The highest BCUT2D eigenvalue weighted by molar-refractivity contribution is 6.02. The van der Waals surface area contributed by atoms with E-state index in [9.17, 15) is 9.18 Å². The average Bonchev–Trinajstić information content (AvgIpc) is 2.57. The van der Waals surface area contributed by atoms with E-state index in [2.05, 4.69) is 10.6 Å².